The quantitative estimate of drug-likeness (QED) is 0.818. The number of carbonyl (C=O) groups is 1. The zero-order valence-corrected chi connectivity index (χ0v) is 11.7. The van der Waals surface area contributed by atoms with Crippen LogP contribution in [0.15, 0.2) is 22.6 Å². The fourth-order valence-electron chi connectivity index (χ4n) is 2.27. The number of benzene rings is 1. The van der Waals surface area contributed by atoms with Gasteiger partial charge in [0.05, 0.1) is 13.2 Å². The van der Waals surface area contributed by atoms with Crippen LogP contribution < -0.4 is 11.1 Å². The predicted octanol–water partition coefficient (Wildman–Crippen LogP) is 1.07. The monoisotopic (exact) mass is 290 g/mol. The van der Waals surface area contributed by atoms with Crippen LogP contribution in [0.2, 0.25) is 0 Å². The van der Waals surface area contributed by atoms with Gasteiger partial charge in [-0.25, -0.2) is 0 Å². The maximum absolute atomic E-state index is 12.0. The van der Waals surface area contributed by atoms with Gasteiger partial charge in [0.15, 0.2) is 5.58 Å². The second kappa shape index (κ2) is 6.01. The van der Waals surface area contributed by atoms with Gasteiger partial charge in [-0.05, 0) is 18.2 Å². The summed E-state index contributed by atoms with van der Waals surface area (Å²) < 4.78 is 10.7. The average Bonchev–Trinajstić information content (AvgIpc) is 2.89. The lowest BCUT2D eigenvalue weighted by Gasteiger charge is -2.26. The summed E-state index contributed by atoms with van der Waals surface area (Å²) in [6, 6.07) is 5.70. The van der Waals surface area contributed by atoms with Gasteiger partial charge in [0, 0.05) is 31.7 Å². The molecule has 3 N–H and O–H groups in total. The van der Waals surface area contributed by atoms with E-state index in [0.29, 0.717) is 62.1 Å². The van der Waals surface area contributed by atoms with Crippen molar-refractivity contribution in [1.82, 2.24) is 9.88 Å². The summed E-state index contributed by atoms with van der Waals surface area (Å²) in [5.74, 6) is 0.117. The van der Waals surface area contributed by atoms with Gasteiger partial charge >= 0.3 is 0 Å². The first kappa shape index (κ1) is 13.7. The van der Waals surface area contributed by atoms with E-state index in [9.17, 15) is 4.79 Å². The number of hydrogen-bond donors (Lipinski definition) is 2. The number of hydrogen-bond acceptors (Lipinski definition) is 6. The number of fused-ring (bicyclic) bond motifs is 1. The molecule has 112 valence electrons. The molecule has 1 saturated heterocycles. The van der Waals surface area contributed by atoms with Crippen molar-refractivity contribution in [2.75, 3.05) is 43.9 Å². The van der Waals surface area contributed by atoms with Crippen molar-refractivity contribution < 1.29 is 13.9 Å². The zero-order chi connectivity index (χ0) is 14.7. The van der Waals surface area contributed by atoms with E-state index >= 15 is 0 Å². The summed E-state index contributed by atoms with van der Waals surface area (Å²) in [6.07, 6.45) is 0.404. The number of oxazole rings is 1. The first-order valence-electron chi connectivity index (χ1n) is 6.98. The standard InChI is InChI=1S/C14H18N4O3/c15-10-1-2-12-11(9-10)17-14(21-12)16-4-3-13(19)18-5-7-20-8-6-18/h1-2,9H,3-8,15H2,(H,16,17). The molecule has 21 heavy (non-hydrogen) atoms. The number of nitrogens with one attached hydrogen (secondary N) is 1. The Hall–Kier alpha value is -2.28. The Morgan fingerprint density at radius 1 is 1.38 bits per heavy atom. The Morgan fingerprint density at radius 2 is 2.19 bits per heavy atom. The third-order valence-electron chi connectivity index (χ3n) is 3.39. The van der Waals surface area contributed by atoms with E-state index in [4.69, 9.17) is 14.9 Å². The molecule has 0 bridgehead atoms. The Balaban J connectivity index is 1.53. The molecule has 2 aromatic rings. The van der Waals surface area contributed by atoms with Gasteiger partial charge in [-0.1, -0.05) is 0 Å². The molecule has 0 unspecified atom stereocenters. The van der Waals surface area contributed by atoms with Crippen LogP contribution in [0, 0.1) is 0 Å². The summed E-state index contributed by atoms with van der Waals surface area (Å²) in [7, 11) is 0. The SMILES string of the molecule is Nc1ccc2oc(NCCC(=O)N3CCOCC3)nc2c1. The molecule has 0 radical (unpaired) electrons. The lowest BCUT2D eigenvalue weighted by atomic mass is 10.3. The van der Waals surface area contributed by atoms with Gasteiger partial charge in [0.25, 0.3) is 6.01 Å². The molecule has 1 fully saturated rings. The molecule has 1 aromatic carbocycles. The van der Waals surface area contributed by atoms with Crippen molar-refractivity contribution >= 4 is 28.7 Å². The number of nitrogens with two attached hydrogens (primary N) is 1. The van der Waals surface area contributed by atoms with Gasteiger partial charge < -0.3 is 25.1 Å². The lowest BCUT2D eigenvalue weighted by molar-refractivity contribution is -0.134. The number of nitrogen functional groups attached to an aromatic ring is 1. The molecule has 7 heteroatoms. The fraction of sp³-hybridized carbons (Fsp3) is 0.429. The van der Waals surface area contributed by atoms with E-state index in [1.165, 1.54) is 0 Å². The second-order valence-electron chi connectivity index (χ2n) is 4.92. The Kier molecular flexibility index (Phi) is 3.92. The van der Waals surface area contributed by atoms with E-state index < -0.39 is 0 Å². The van der Waals surface area contributed by atoms with Gasteiger partial charge in [0.2, 0.25) is 5.91 Å². The van der Waals surface area contributed by atoms with Crippen LogP contribution in [-0.2, 0) is 9.53 Å². The van der Waals surface area contributed by atoms with E-state index in [0.717, 1.165) is 0 Å². The van der Waals surface area contributed by atoms with E-state index in [2.05, 4.69) is 10.3 Å². The van der Waals surface area contributed by atoms with Crippen LogP contribution in [0.5, 0.6) is 0 Å². The Labute approximate surface area is 122 Å². The second-order valence-corrected chi connectivity index (χ2v) is 4.92. The molecule has 1 aliphatic rings. The number of ether oxygens (including phenoxy) is 1. The van der Waals surface area contributed by atoms with Crippen LogP contribution >= 0.6 is 0 Å². The van der Waals surface area contributed by atoms with Gasteiger partial charge in [-0.15, -0.1) is 0 Å². The zero-order valence-electron chi connectivity index (χ0n) is 11.7. The van der Waals surface area contributed by atoms with E-state index in [-0.39, 0.29) is 5.91 Å². The smallest absolute Gasteiger partial charge is 0.295 e. The largest absolute Gasteiger partial charge is 0.424 e. The van der Waals surface area contributed by atoms with Gasteiger partial charge in [-0.3, -0.25) is 4.79 Å². The van der Waals surface area contributed by atoms with Crippen molar-refractivity contribution in [3.63, 3.8) is 0 Å². The molecular formula is C14H18N4O3. The summed E-state index contributed by atoms with van der Waals surface area (Å²) in [5.41, 5.74) is 7.71. The predicted molar refractivity (Wildman–Crippen MR) is 78.9 cm³/mol. The summed E-state index contributed by atoms with van der Waals surface area (Å²) in [4.78, 5) is 18.1. The van der Waals surface area contributed by atoms with E-state index in [1.807, 2.05) is 4.90 Å². The number of amides is 1. The highest BCUT2D eigenvalue weighted by Gasteiger charge is 2.16. The minimum atomic E-state index is 0.117. The van der Waals surface area contributed by atoms with Crippen LogP contribution in [0.4, 0.5) is 11.7 Å². The van der Waals surface area contributed by atoms with Crippen LogP contribution in [0.3, 0.4) is 0 Å². The number of morpholine rings is 1. The average molecular weight is 290 g/mol. The summed E-state index contributed by atoms with van der Waals surface area (Å²) in [5, 5.41) is 3.03. The molecule has 3 rings (SSSR count). The summed E-state index contributed by atoms with van der Waals surface area (Å²) >= 11 is 0. The molecular weight excluding hydrogens is 272 g/mol. The third kappa shape index (κ3) is 3.25. The third-order valence-corrected chi connectivity index (χ3v) is 3.39. The molecule has 0 saturated carbocycles. The Morgan fingerprint density at radius 3 is 3.00 bits per heavy atom. The number of rotatable bonds is 4. The molecule has 2 heterocycles. The van der Waals surface area contributed by atoms with Gasteiger partial charge in [0.1, 0.15) is 5.52 Å². The van der Waals surface area contributed by atoms with Crippen molar-refractivity contribution in [3.05, 3.63) is 18.2 Å². The van der Waals surface area contributed by atoms with Crippen LogP contribution in [0.25, 0.3) is 11.1 Å². The normalized spacial score (nSPS) is 15.3. The highest BCUT2D eigenvalue weighted by molar-refractivity contribution is 5.78. The molecule has 0 atom stereocenters. The molecule has 7 nitrogen and oxygen atoms in total. The van der Waals surface area contributed by atoms with Crippen molar-refractivity contribution in [2.45, 2.75) is 6.42 Å². The van der Waals surface area contributed by atoms with Crippen LogP contribution in [-0.4, -0.2) is 48.6 Å². The molecule has 0 aliphatic carbocycles. The summed E-state index contributed by atoms with van der Waals surface area (Å²) in [6.45, 7) is 3.05. The lowest BCUT2D eigenvalue weighted by Crippen LogP contribution is -2.41. The van der Waals surface area contributed by atoms with Crippen LogP contribution in [0.1, 0.15) is 6.42 Å². The Bertz CT molecular complexity index is 634. The number of anilines is 2. The minimum absolute atomic E-state index is 0.117. The van der Waals surface area contributed by atoms with Crippen molar-refractivity contribution in [2.24, 2.45) is 0 Å². The maximum Gasteiger partial charge on any atom is 0.295 e. The maximum atomic E-state index is 12.0. The molecule has 1 aliphatic heterocycles. The van der Waals surface area contributed by atoms with Gasteiger partial charge in [-0.2, -0.15) is 4.98 Å². The first-order chi connectivity index (χ1) is 10.2. The fourth-order valence-corrected chi connectivity index (χ4v) is 2.27. The topological polar surface area (TPSA) is 93.6 Å². The number of nitrogens with zero attached hydrogens (tertiary/aromatic N) is 2. The van der Waals surface area contributed by atoms with E-state index in [1.54, 1.807) is 18.2 Å². The first-order valence-corrected chi connectivity index (χ1v) is 6.98. The highest BCUT2D eigenvalue weighted by Crippen LogP contribution is 2.20. The highest BCUT2D eigenvalue weighted by atomic mass is 16.5. The molecule has 1 aromatic heterocycles. The molecule has 1 amide bonds. The van der Waals surface area contributed by atoms with Crippen molar-refractivity contribution in [3.8, 4) is 0 Å². The van der Waals surface area contributed by atoms with Crippen molar-refractivity contribution in [1.29, 1.82) is 0 Å². The molecule has 0 spiro atoms. The minimum Gasteiger partial charge on any atom is -0.424 e. The number of aromatic nitrogens is 1. The number of carbonyl (C=O) groups excluding carboxylic acids is 1.